The SMILES string of the molecule is O=C(Cc1ccccc1)Nc1ccc(-c2ccc3ncc(N4CCN5CCCC5C4)nc3c2)cc1. The fraction of sp³-hybridized carbons (Fsp3) is 0.276. The molecule has 1 atom stereocenters. The van der Waals surface area contributed by atoms with Gasteiger partial charge in [-0.2, -0.15) is 0 Å². The Morgan fingerprint density at radius 1 is 0.914 bits per heavy atom. The van der Waals surface area contributed by atoms with E-state index in [2.05, 4.69) is 27.2 Å². The molecule has 3 heterocycles. The van der Waals surface area contributed by atoms with Crippen molar-refractivity contribution in [3.63, 3.8) is 0 Å². The fourth-order valence-electron chi connectivity index (χ4n) is 5.27. The molecule has 1 aromatic heterocycles. The zero-order valence-corrected chi connectivity index (χ0v) is 19.7. The largest absolute Gasteiger partial charge is 0.352 e. The second-order valence-electron chi connectivity index (χ2n) is 9.50. The lowest BCUT2D eigenvalue weighted by molar-refractivity contribution is -0.115. The minimum atomic E-state index is -0.0177. The number of carbonyl (C=O) groups excluding carboxylic acids is 1. The average molecular weight is 464 g/mol. The summed E-state index contributed by atoms with van der Waals surface area (Å²) in [5, 5.41) is 2.99. The van der Waals surface area contributed by atoms with Crippen LogP contribution in [0.25, 0.3) is 22.2 Å². The molecule has 0 spiro atoms. The molecule has 2 fully saturated rings. The highest BCUT2D eigenvalue weighted by molar-refractivity contribution is 5.92. The van der Waals surface area contributed by atoms with Gasteiger partial charge in [-0.25, -0.2) is 4.98 Å². The van der Waals surface area contributed by atoms with E-state index < -0.39 is 0 Å². The van der Waals surface area contributed by atoms with Gasteiger partial charge >= 0.3 is 0 Å². The number of rotatable bonds is 5. The molecule has 0 aliphatic carbocycles. The number of fused-ring (bicyclic) bond motifs is 2. The summed E-state index contributed by atoms with van der Waals surface area (Å²) in [6, 6.07) is 24.6. The molecule has 2 aliphatic rings. The van der Waals surface area contributed by atoms with Gasteiger partial charge in [0.25, 0.3) is 0 Å². The zero-order valence-electron chi connectivity index (χ0n) is 19.7. The third-order valence-electron chi connectivity index (χ3n) is 7.15. The highest BCUT2D eigenvalue weighted by Crippen LogP contribution is 2.28. The second-order valence-corrected chi connectivity index (χ2v) is 9.50. The minimum absolute atomic E-state index is 0.0177. The van der Waals surface area contributed by atoms with E-state index in [1.54, 1.807) is 0 Å². The molecule has 176 valence electrons. The number of anilines is 2. The average Bonchev–Trinajstić information content (AvgIpc) is 3.37. The first-order valence-electron chi connectivity index (χ1n) is 12.4. The number of hydrogen-bond donors (Lipinski definition) is 1. The molecule has 1 N–H and O–H groups in total. The van der Waals surface area contributed by atoms with E-state index in [1.165, 1.54) is 19.4 Å². The molecule has 3 aromatic carbocycles. The molecule has 0 saturated carbocycles. The topological polar surface area (TPSA) is 61.4 Å². The van der Waals surface area contributed by atoms with Crippen LogP contribution >= 0.6 is 0 Å². The number of benzene rings is 3. The quantitative estimate of drug-likeness (QED) is 0.462. The van der Waals surface area contributed by atoms with Gasteiger partial charge in [0.05, 0.1) is 23.7 Å². The van der Waals surface area contributed by atoms with Gasteiger partial charge in [-0.3, -0.25) is 14.7 Å². The molecular weight excluding hydrogens is 434 g/mol. The first kappa shape index (κ1) is 21.7. The van der Waals surface area contributed by atoms with Crippen molar-refractivity contribution < 1.29 is 4.79 Å². The van der Waals surface area contributed by atoms with Crippen molar-refractivity contribution in [1.82, 2.24) is 14.9 Å². The number of nitrogens with zero attached hydrogens (tertiary/aromatic N) is 4. The molecule has 0 radical (unpaired) electrons. The van der Waals surface area contributed by atoms with Crippen molar-refractivity contribution in [1.29, 1.82) is 0 Å². The van der Waals surface area contributed by atoms with Crippen LogP contribution in [0.15, 0.2) is 79.0 Å². The molecule has 2 aliphatic heterocycles. The van der Waals surface area contributed by atoms with E-state index in [-0.39, 0.29) is 5.91 Å². The van der Waals surface area contributed by atoms with E-state index in [9.17, 15) is 4.79 Å². The van der Waals surface area contributed by atoms with Gasteiger partial charge in [0.15, 0.2) is 0 Å². The summed E-state index contributed by atoms with van der Waals surface area (Å²) < 4.78 is 0. The first-order valence-corrected chi connectivity index (χ1v) is 12.4. The number of carbonyl (C=O) groups is 1. The van der Waals surface area contributed by atoms with Crippen molar-refractivity contribution in [3.05, 3.63) is 84.6 Å². The van der Waals surface area contributed by atoms with Crippen molar-refractivity contribution in [2.24, 2.45) is 0 Å². The normalized spacial score (nSPS) is 17.9. The second kappa shape index (κ2) is 9.47. The lowest BCUT2D eigenvalue weighted by atomic mass is 10.0. The van der Waals surface area contributed by atoms with Gasteiger partial charge in [0.2, 0.25) is 5.91 Å². The maximum atomic E-state index is 12.4. The van der Waals surface area contributed by atoms with Gasteiger partial charge < -0.3 is 10.2 Å². The van der Waals surface area contributed by atoms with Crippen LogP contribution in [0.1, 0.15) is 18.4 Å². The van der Waals surface area contributed by atoms with E-state index in [0.29, 0.717) is 12.5 Å². The summed E-state index contributed by atoms with van der Waals surface area (Å²) in [7, 11) is 0. The van der Waals surface area contributed by atoms with Crippen molar-refractivity contribution in [3.8, 4) is 11.1 Å². The summed E-state index contributed by atoms with van der Waals surface area (Å²) >= 11 is 0. The Bertz CT molecular complexity index is 1340. The lowest BCUT2D eigenvalue weighted by Gasteiger charge is -2.38. The summed E-state index contributed by atoms with van der Waals surface area (Å²) in [5.74, 6) is 0.952. The number of hydrogen-bond acceptors (Lipinski definition) is 5. The van der Waals surface area contributed by atoms with Crippen LogP contribution in [-0.2, 0) is 11.2 Å². The van der Waals surface area contributed by atoms with Crippen LogP contribution in [0.4, 0.5) is 11.5 Å². The van der Waals surface area contributed by atoms with E-state index >= 15 is 0 Å². The first-order chi connectivity index (χ1) is 17.2. The molecular formula is C29H29N5O. The number of nitrogens with one attached hydrogen (secondary N) is 1. The molecule has 4 aromatic rings. The molecule has 35 heavy (non-hydrogen) atoms. The lowest BCUT2D eigenvalue weighted by Crippen LogP contribution is -2.50. The third-order valence-corrected chi connectivity index (χ3v) is 7.15. The molecule has 6 nitrogen and oxygen atoms in total. The number of amides is 1. The van der Waals surface area contributed by atoms with E-state index in [4.69, 9.17) is 9.97 Å². The Morgan fingerprint density at radius 2 is 1.74 bits per heavy atom. The fourth-order valence-corrected chi connectivity index (χ4v) is 5.27. The third kappa shape index (κ3) is 4.75. The van der Waals surface area contributed by atoms with Crippen molar-refractivity contribution in [2.75, 3.05) is 36.4 Å². The standard InChI is InChI=1S/C29H29N5O/c35-29(17-21-5-2-1-3-6-21)31-24-11-8-22(9-12-24)23-10-13-26-27(18-23)32-28(19-30-26)34-16-15-33-14-4-7-25(33)20-34/h1-3,5-6,8-13,18-19,25H,4,7,14-17,20H2,(H,31,35). The van der Waals surface area contributed by atoms with Crippen LogP contribution in [0, 0.1) is 0 Å². The monoisotopic (exact) mass is 463 g/mol. The van der Waals surface area contributed by atoms with Crippen LogP contribution in [0.5, 0.6) is 0 Å². The van der Waals surface area contributed by atoms with E-state index in [1.807, 2.05) is 66.9 Å². The van der Waals surface area contributed by atoms with Crippen LogP contribution in [0.2, 0.25) is 0 Å². The Kier molecular flexibility index (Phi) is 5.88. The highest BCUT2D eigenvalue weighted by atomic mass is 16.1. The maximum Gasteiger partial charge on any atom is 0.228 e. The molecule has 0 bridgehead atoms. The Morgan fingerprint density at radius 3 is 2.60 bits per heavy atom. The van der Waals surface area contributed by atoms with Gasteiger partial charge in [-0.15, -0.1) is 0 Å². The summed E-state index contributed by atoms with van der Waals surface area (Å²) in [6.45, 7) is 4.39. The maximum absolute atomic E-state index is 12.4. The van der Waals surface area contributed by atoms with Gasteiger partial charge in [-0.05, 0) is 60.3 Å². The van der Waals surface area contributed by atoms with Crippen molar-refractivity contribution in [2.45, 2.75) is 25.3 Å². The van der Waals surface area contributed by atoms with E-state index in [0.717, 1.165) is 58.9 Å². The van der Waals surface area contributed by atoms with Crippen LogP contribution in [-0.4, -0.2) is 53.0 Å². The van der Waals surface area contributed by atoms with Gasteiger partial charge in [-0.1, -0.05) is 48.5 Å². The van der Waals surface area contributed by atoms with Crippen molar-refractivity contribution >= 4 is 28.4 Å². The predicted octanol–water partition coefficient (Wildman–Crippen LogP) is 4.76. The molecule has 2 saturated heterocycles. The minimum Gasteiger partial charge on any atom is -0.352 e. The summed E-state index contributed by atoms with van der Waals surface area (Å²) in [5.41, 5.74) is 5.79. The number of aromatic nitrogens is 2. The molecule has 1 unspecified atom stereocenters. The Labute approximate surface area is 205 Å². The predicted molar refractivity (Wildman–Crippen MR) is 141 cm³/mol. The zero-order chi connectivity index (χ0) is 23.6. The molecule has 6 rings (SSSR count). The van der Waals surface area contributed by atoms with Gasteiger partial charge in [0, 0.05) is 31.4 Å². The summed E-state index contributed by atoms with van der Waals surface area (Å²) in [4.78, 5) is 27.0. The van der Waals surface area contributed by atoms with Crippen LogP contribution in [0.3, 0.4) is 0 Å². The highest BCUT2D eigenvalue weighted by Gasteiger charge is 2.31. The Balaban J connectivity index is 1.17. The molecule has 1 amide bonds. The smallest absolute Gasteiger partial charge is 0.228 e. The molecule has 6 heteroatoms. The number of piperazine rings is 1. The van der Waals surface area contributed by atoms with Crippen LogP contribution < -0.4 is 10.2 Å². The Hall–Kier alpha value is -3.77. The summed E-state index contributed by atoms with van der Waals surface area (Å²) in [6.07, 6.45) is 4.87. The van der Waals surface area contributed by atoms with Gasteiger partial charge in [0.1, 0.15) is 5.82 Å².